The zero-order valence-electron chi connectivity index (χ0n) is 15.3. The maximum atomic E-state index is 12.9. The predicted octanol–water partition coefficient (Wildman–Crippen LogP) is 3.55. The lowest BCUT2D eigenvalue weighted by atomic mass is 10.1. The van der Waals surface area contributed by atoms with Crippen molar-refractivity contribution in [2.45, 2.75) is 6.54 Å². The highest BCUT2D eigenvalue weighted by atomic mass is 35.5. The van der Waals surface area contributed by atoms with Crippen LogP contribution >= 0.6 is 11.6 Å². The Hall–Kier alpha value is -3.00. The molecule has 2 aromatic carbocycles. The second-order valence-corrected chi connectivity index (χ2v) is 5.96. The number of hydrogen-bond donors (Lipinski definition) is 0. The Balaban J connectivity index is 2.54. The molecule has 8 nitrogen and oxygen atoms in total. The number of nitro benzene ring substituents is 1. The minimum Gasteiger partial charge on any atom is -0.493 e. The highest BCUT2D eigenvalue weighted by Crippen LogP contribution is 2.46. The number of nitro groups is 1. The topological polar surface area (TPSA) is 91.1 Å². The summed E-state index contributed by atoms with van der Waals surface area (Å²) >= 11 is 6.13. The van der Waals surface area contributed by atoms with E-state index >= 15 is 0 Å². The van der Waals surface area contributed by atoms with E-state index in [9.17, 15) is 14.9 Å². The number of benzene rings is 2. The zero-order chi connectivity index (χ0) is 20.1. The smallest absolute Gasteiger partial charge is 0.327 e. The Morgan fingerprint density at radius 2 is 1.78 bits per heavy atom. The summed E-state index contributed by atoms with van der Waals surface area (Å²) < 4.78 is 15.5. The van der Waals surface area contributed by atoms with E-state index < -0.39 is 16.5 Å². The first-order valence-corrected chi connectivity index (χ1v) is 8.19. The summed E-state index contributed by atoms with van der Waals surface area (Å²) in [5.41, 5.74) is 0.0420. The standard InChI is InChI=1S/C18H19ClN2O6/c1-20(10-11-7-5-6-8-13(11)19)18(22)12-9-14(25-2)16(26-3)17(27-4)15(12)21(23)24/h5-9H,10H2,1-4H3. The average molecular weight is 395 g/mol. The molecule has 0 aliphatic heterocycles. The van der Waals surface area contributed by atoms with Gasteiger partial charge in [-0.3, -0.25) is 14.9 Å². The van der Waals surface area contributed by atoms with Crippen molar-refractivity contribution in [1.82, 2.24) is 4.90 Å². The molecular formula is C18H19ClN2O6. The van der Waals surface area contributed by atoms with Crippen molar-refractivity contribution in [3.63, 3.8) is 0 Å². The van der Waals surface area contributed by atoms with Gasteiger partial charge in [-0.15, -0.1) is 0 Å². The normalized spacial score (nSPS) is 10.3. The van der Waals surface area contributed by atoms with E-state index in [0.29, 0.717) is 10.6 Å². The maximum Gasteiger partial charge on any atom is 0.327 e. The summed E-state index contributed by atoms with van der Waals surface area (Å²) in [7, 11) is 5.48. The molecular weight excluding hydrogens is 376 g/mol. The Bertz CT molecular complexity index is 871. The first-order valence-electron chi connectivity index (χ1n) is 7.81. The van der Waals surface area contributed by atoms with Gasteiger partial charge in [0.05, 0.1) is 26.3 Å². The summed E-state index contributed by atoms with van der Waals surface area (Å²) in [6, 6.07) is 8.32. The van der Waals surface area contributed by atoms with E-state index in [1.165, 1.54) is 39.3 Å². The molecule has 0 spiro atoms. The molecule has 0 saturated carbocycles. The third-order valence-corrected chi connectivity index (χ3v) is 4.30. The Morgan fingerprint density at radius 1 is 1.15 bits per heavy atom. The van der Waals surface area contributed by atoms with E-state index in [-0.39, 0.29) is 29.4 Å². The van der Waals surface area contributed by atoms with Gasteiger partial charge in [0.15, 0.2) is 5.75 Å². The Labute approximate surface area is 161 Å². The lowest BCUT2D eigenvalue weighted by Crippen LogP contribution is -2.27. The van der Waals surface area contributed by atoms with Crippen LogP contribution in [0.15, 0.2) is 30.3 Å². The fourth-order valence-electron chi connectivity index (χ4n) is 2.64. The van der Waals surface area contributed by atoms with Gasteiger partial charge in [-0.2, -0.15) is 0 Å². The van der Waals surface area contributed by atoms with Crippen LogP contribution in [0, 0.1) is 10.1 Å². The second-order valence-electron chi connectivity index (χ2n) is 5.55. The largest absolute Gasteiger partial charge is 0.493 e. The molecule has 0 aliphatic carbocycles. The van der Waals surface area contributed by atoms with Gasteiger partial charge in [0.2, 0.25) is 11.5 Å². The van der Waals surface area contributed by atoms with Crippen LogP contribution in [-0.2, 0) is 6.54 Å². The number of rotatable bonds is 7. The Kier molecular flexibility index (Phi) is 6.46. The monoisotopic (exact) mass is 394 g/mol. The second kappa shape index (κ2) is 8.59. The molecule has 2 rings (SSSR count). The molecule has 0 bridgehead atoms. The third-order valence-electron chi connectivity index (χ3n) is 3.93. The van der Waals surface area contributed by atoms with E-state index in [0.717, 1.165) is 0 Å². The number of carbonyl (C=O) groups is 1. The number of hydrogen-bond acceptors (Lipinski definition) is 6. The van der Waals surface area contributed by atoms with Gasteiger partial charge in [-0.05, 0) is 11.6 Å². The summed E-state index contributed by atoms with van der Waals surface area (Å²) in [6.07, 6.45) is 0. The average Bonchev–Trinajstić information content (AvgIpc) is 2.66. The molecule has 0 aliphatic rings. The first kappa shape index (κ1) is 20.3. The molecule has 0 unspecified atom stereocenters. The molecule has 0 fully saturated rings. The lowest BCUT2D eigenvalue weighted by Gasteiger charge is -2.20. The zero-order valence-corrected chi connectivity index (χ0v) is 16.1. The SMILES string of the molecule is COc1cc(C(=O)N(C)Cc2ccccc2Cl)c([N+](=O)[O-])c(OC)c1OC. The molecule has 1 amide bonds. The van der Waals surface area contributed by atoms with E-state index in [4.69, 9.17) is 25.8 Å². The summed E-state index contributed by atoms with van der Waals surface area (Å²) in [6.45, 7) is 0.173. The fourth-order valence-corrected chi connectivity index (χ4v) is 2.84. The van der Waals surface area contributed by atoms with Crippen LogP contribution in [-0.4, -0.2) is 44.1 Å². The molecule has 9 heteroatoms. The van der Waals surface area contributed by atoms with Crippen molar-refractivity contribution in [2.75, 3.05) is 28.4 Å². The maximum absolute atomic E-state index is 12.9. The number of nitrogens with zero attached hydrogens (tertiary/aromatic N) is 2. The van der Waals surface area contributed by atoms with Crippen molar-refractivity contribution < 1.29 is 23.9 Å². The number of halogens is 1. The van der Waals surface area contributed by atoms with Crippen molar-refractivity contribution in [3.8, 4) is 17.2 Å². The molecule has 0 N–H and O–H groups in total. The van der Waals surface area contributed by atoms with Crippen molar-refractivity contribution in [2.24, 2.45) is 0 Å². The minimum absolute atomic E-state index is 0.0389. The van der Waals surface area contributed by atoms with E-state index in [1.54, 1.807) is 24.3 Å². The van der Waals surface area contributed by atoms with Gasteiger partial charge < -0.3 is 19.1 Å². The quantitative estimate of drug-likeness (QED) is 0.527. The number of amides is 1. The van der Waals surface area contributed by atoms with Gasteiger partial charge in [0.25, 0.3) is 5.91 Å². The molecule has 27 heavy (non-hydrogen) atoms. The van der Waals surface area contributed by atoms with Crippen LogP contribution in [0.2, 0.25) is 5.02 Å². The highest BCUT2D eigenvalue weighted by molar-refractivity contribution is 6.31. The van der Waals surface area contributed by atoms with Gasteiger partial charge in [0, 0.05) is 24.7 Å². The minimum atomic E-state index is -0.683. The summed E-state index contributed by atoms with van der Waals surface area (Å²) in [5.74, 6) is -0.580. The predicted molar refractivity (Wildman–Crippen MR) is 100 cm³/mol. The first-order chi connectivity index (χ1) is 12.8. The summed E-state index contributed by atoms with van der Waals surface area (Å²) in [5, 5.41) is 12.1. The van der Waals surface area contributed by atoms with Crippen molar-refractivity contribution in [1.29, 1.82) is 0 Å². The van der Waals surface area contributed by atoms with Gasteiger partial charge in [-0.25, -0.2) is 0 Å². The lowest BCUT2D eigenvalue weighted by molar-refractivity contribution is -0.386. The van der Waals surface area contributed by atoms with Crippen LogP contribution in [0.1, 0.15) is 15.9 Å². The van der Waals surface area contributed by atoms with Crippen LogP contribution < -0.4 is 14.2 Å². The molecule has 0 radical (unpaired) electrons. The van der Waals surface area contributed by atoms with Gasteiger partial charge in [-0.1, -0.05) is 29.8 Å². The highest BCUT2D eigenvalue weighted by Gasteiger charge is 2.33. The summed E-state index contributed by atoms with van der Waals surface area (Å²) in [4.78, 5) is 25.2. The molecule has 144 valence electrons. The molecule has 0 atom stereocenters. The van der Waals surface area contributed by atoms with Crippen LogP contribution in [0.4, 0.5) is 5.69 Å². The molecule has 2 aromatic rings. The van der Waals surface area contributed by atoms with Crippen LogP contribution in [0.5, 0.6) is 17.2 Å². The van der Waals surface area contributed by atoms with Crippen LogP contribution in [0.25, 0.3) is 0 Å². The van der Waals surface area contributed by atoms with Crippen molar-refractivity contribution in [3.05, 3.63) is 56.6 Å². The number of methoxy groups -OCH3 is 3. The van der Waals surface area contributed by atoms with Gasteiger partial charge in [0.1, 0.15) is 5.56 Å². The number of carbonyl (C=O) groups excluding carboxylic acids is 1. The Morgan fingerprint density at radius 3 is 2.30 bits per heavy atom. The molecule has 0 heterocycles. The van der Waals surface area contributed by atoms with Crippen molar-refractivity contribution >= 4 is 23.2 Å². The van der Waals surface area contributed by atoms with Gasteiger partial charge >= 0.3 is 5.69 Å². The number of ether oxygens (including phenoxy) is 3. The fraction of sp³-hybridized carbons (Fsp3) is 0.278. The van der Waals surface area contributed by atoms with E-state index in [2.05, 4.69) is 0 Å². The molecule has 0 aromatic heterocycles. The molecule has 0 saturated heterocycles. The third kappa shape index (κ3) is 4.06. The van der Waals surface area contributed by atoms with E-state index in [1.807, 2.05) is 0 Å². The van der Waals surface area contributed by atoms with Crippen LogP contribution in [0.3, 0.4) is 0 Å².